The van der Waals surface area contributed by atoms with E-state index in [1.54, 1.807) is 4.90 Å². The van der Waals surface area contributed by atoms with Gasteiger partial charge in [-0.2, -0.15) is 0 Å². The normalized spacial score (nSPS) is 22.7. The van der Waals surface area contributed by atoms with Gasteiger partial charge in [-0.25, -0.2) is 17.9 Å². The van der Waals surface area contributed by atoms with E-state index < -0.39 is 26.6 Å². The maximum Gasteiger partial charge on any atom is 0.255 e. The maximum absolute atomic E-state index is 13.7. The number of benzene rings is 1. The fourth-order valence-corrected chi connectivity index (χ4v) is 4.30. The number of sulfonamides is 1. The molecule has 6 nitrogen and oxygen atoms in total. The van der Waals surface area contributed by atoms with Crippen LogP contribution in [0.25, 0.3) is 0 Å². The molecule has 1 amide bonds. The Morgan fingerprint density at radius 1 is 1.36 bits per heavy atom. The summed E-state index contributed by atoms with van der Waals surface area (Å²) in [4.78, 5) is 13.7. The fourth-order valence-electron chi connectivity index (χ4n) is 2.59. The molecule has 1 aromatic rings. The molecule has 0 saturated carbocycles. The van der Waals surface area contributed by atoms with E-state index in [0.717, 1.165) is 12.1 Å². The zero-order chi connectivity index (χ0) is 16.7. The third-order valence-corrected chi connectivity index (χ3v) is 5.44. The Kier molecular flexibility index (Phi) is 4.90. The molecule has 0 bridgehead atoms. The molecule has 1 aliphatic heterocycles. The molecule has 0 aliphatic carbocycles. The minimum absolute atomic E-state index is 0.0137. The minimum Gasteiger partial charge on any atom is -0.336 e. The van der Waals surface area contributed by atoms with Crippen molar-refractivity contribution in [3.05, 3.63) is 28.0 Å². The second-order valence-corrected chi connectivity index (χ2v) is 7.81. The van der Waals surface area contributed by atoms with Crippen LogP contribution in [0.15, 0.2) is 21.5 Å². The van der Waals surface area contributed by atoms with Crippen LogP contribution in [0.5, 0.6) is 0 Å². The summed E-state index contributed by atoms with van der Waals surface area (Å²) in [5, 5.41) is 8.34. The van der Waals surface area contributed by atoms with Gasteiger partial charge < -0.3 is 10.2 Å². The molecule has 1 aromatic carbocycles. The summed E-state index contributed by atoms with van der Waals surface area (Å²) in [5.74, 6) is -1.26. The van der Waals surface area contributed by atoms with Crippen LogP contribution in [-0.2, 0) is 10.0 Å². The maximum atomic E-state index is 13.7. The van der Waals surface area contributed by atoms with Gasteiger partial charge in [0.25, 0.3) is 5.91 Å². The predicted molar refractivity (Wildman–Crippen MR) is 83.4 cm³/mol. The van der Waals surface area contributed by atoms with Crippen LogP contribution in [0.3, 0.4) is 0 Å². The number of carbonyl (C=O) groups excluding carboxylic acids is 1. The quantitative estimate of drug-likeness (QED) is 0.785. The van der Waals surface area contributed by atoms with Crippen LogP contribution in [0.1, 0.15) is 24.2 Å². The number of carbonyl (C=O) groups is 1. The first-order valence-electron chi connectivity index (χ1n) is 6.66. The van der Waals surface area contributed by atoms with E-state index in [-0.39, 0.29) is 22.1 Å². The number of nitrogens with zero attached hydrogens (tertiary/aromatic N) is 1. The highest BCUT2D eigenvalue weighted by Gasteiger charge is 2.29. The number of nitrogens with two attached hydrogens (primary N) is 1. The average molecular weight is 394 g/mol. The SMILES string of the molecule is C[C@@H]1CN(C(=O)c2cc(F)cc(S(N)(=O)=O)c2Br)C[C@@H](C)N1. The standard InChI is InChI=1S/C13H17BrFN3O3S/c1-7-5-18(6-8(2)17-7)13(19)10-3-9(15)4-11(12(10)14)22(16,20)21/h3-4,7-8,17H,5-6H2,1-2H3,(H2,16,20,21)/t7-,8-/m1/s1. The summed E-state index contributed by atoms with van der Waals surface area (Å²) in [7, 11) is -4.13. The van der Waals surface area contributed by atoms with Crippen molar-refractivity contribution in [1.29, 1.82) is 0 Å². The molecule has 1 aliphatic rings. The molecule has 1 heterocycles. The molecule has 0 unspecified atom stereocenters. The van der Waals surface area contributed by atoms with E-state index in [2.05, 4.69) is 21.2 Å². The van der Waals surface area contributed by atoms with Gasteiger partial charge in [0.15, 0.2) is 0 Å². The van der Waals surface area contributed by atoms with E-state index in [1.165, 1.54) is 0 Å². The van der Waals surface area contributed by atoms with Crippen LogP contribution in [0, 0.1) is 5.82 Å². The number of hydrogen-bond acceptors (Lipinski definition) is 4. The van der Waals surface area contributed by atoms with Crippen LogP contribution in [0.2, 0.25) is 0 Å². The molecular weight excluding hydrogens is 377 g/mol. The first kappa shape index (κ1) is 17.3. The second kappa shape index (κ2) is 6.23. The minimum atomic E-state index is -4.13. The number of nitrogens with one attached hydrogen (secondary N) is 1. The van der Waals surface area contributed by atoms with E-state index in [1.807, 2.05) is 13.8 Å². The fraction of sp³-hybridized carbons (Fsp3) is 0.462. The average Bonchev–Trinajstić information content (AvgIpc) is 2.37. The van der Waals surface area contributed by atoms with Crippen LogP contribution >= 0.6 is 15.9 Å². The number of hydrogen-bond donors (Lipinski definition) is 2. The van der Waals surface area contributed by atoms with Crippen LogP contribution in [0.4, 0.5) is 4.39 Å². The molecule has 0 spiro atoms. The Bertz CT molecular complexity index is 701. The summed E-state index contributed by atoms with van der Waals surface area (Å²) >= 11 is 3.06. The number of rotatable bonds is 2. The highest BCUT2D eigenvalue weighted by molar-refractivity contribution is 9.10. The first-order chi connectivity index (χ1) is 10.1. The number of amides is 1. The van der Waals surface area contributed by atoms with E-state index >= 15 is 0 Å². The number of primary sulfonamides is 1. The molecule has 1 saturated heterocycles. The van der Waals surface area contributed by atoms with Gasteiger partial charge in [-0.05, 0) is 41.9 Å². The molecule has 2 rings (SSSR count). The molecule has 0 radical (unpaired) electrons. The van der Waals surface area contributed by atoms with Gasteiger partial charge in [0.1, 0.15) is 5.82 Å². The zero-order valence-corrected chi connectivity index (χ0v) is 14.5. The lowest BCUT2D eigenvalue weighted by molar-refractivity contribution is 0.0672. The summed E-state index contributed by atoms with van der Waals surface area (Å²) in [6.45, 7) is 4.78. The zero-order valence-electron chi connectivity index (χ0n) is 12.1. The molecule has 122 valence electrons. The first-order valence-corrected chi connectivity index (χ1v) is 9.00. The Morgan fingerprint density at radius 2 is 1.91 bits per heavy atom. The van der Waals surface area contributed by atoms with Crippen molar-refractivity contribution < 1.29 is 17.6 Å². The van der Waals surface area contributed by atoms with Gasteiger partial charge in [-0.15, -0.1) is 0 Å². The number of halogens is 2. The molecule has 2 atom stereocenters. The van der Waals surface area contributed by atoms with E-state index in [4.69, 9.17) is 5.14 Å². The second-order valence-electron chi connectivity index (χ2n) is 5.49. The Hall–Kier alpha value is -1.03. The lowest BCUT2D eigenvalue weighted by Crippen LogP contribution is -2.55. The van der Waals surface area contributed by atoms with Crippen molar-refractivity contribution in [3.63, 3.8) is 0 Å². The van der Waals surface area contributed by atoms with Crippen LogP contribution < -0.4 is 10.5 Å². The van der Waals surface area contributed by atoms with Gasteiger partial charge in [0, 0.05) is 25.2 Å². The Morgan fingerprint density at radius 3 is 2.41 bits per heavy atom. The highest BCUT2D eigenvalue weighted by Crippen LogP contribution is 2.28. The smallest absolute Gasteiger partial charge is 0.255 e. The third kappa shape index (κ3) is 3.65. The number of piperazine rings is 1. The van der Waals surface area contributed by atoms with Crippen molar-refractivity contribution in [2.75, 3.05) is 13.1 Å². The van der Waals surface area contributed by atoms with Crippen molar-refractivity contribution in [3.8, 4) is 0 Å². The van der Waals surface area contributed by atoms with E-state index in [0.29, 0.717) is 13.1 Å². The summed E-state index contributed by atoms with van der Waals surface area (Å²) in [6, 6.07) is 1.99. The third-order valence-electron chi connectivity index (χ3n) is 3.39. The Labute approximate surface area is 137 Å². The van der Waals surface area contributed by atoms with Gasteiger partial charge >= 0.3 is 0 Å². The van der Waals surface area contributed by atoms with Gasteiger partial charge in [0.05, 0.1) is 14.9 Å². The van der Waals surface area contributed by atoms with Crippen molar-refractivity contribution in [2.24, 2.45) is 5.14 Å². The predicted octanol–water partition coefficient (Wildman–Crippen LogP) is 1.06. The van der Waals surface area contributed by atoms with E-state index in [9.17, 15) is 17.6 Å². The lowest BCUT2D eigenvalue weighted by atomic mass is 10.1. The molecule has 22 heavy (non-hydrogen) atoms. The lowest BCUT2D eigenvalue weighted by Gasteiger charge is -2.36. The monoisotopic (exact) mass is 393 g/mol. The summed E-state index contributed by atoms with van der Waals surface area (Å²) < 4.78 is 36.7. The van der Waals surface area contributed by atoms with Crippen molar-refractivity contribution in [1.82, 2.24) is 10.2 Å². The summed E-state index contributed by atoms with van der Waals surface area (Å²) in [6.07, 6.45) is 0. The molecule has 9 heteroatoms. The van der Waals surface area contributed by atoms with Gasteiger partial charge in [-0.3, -0.25) is 4.79 Å². The molecule has 0 aromatic heterocycles. The largest absolute Gasteiger partial charge is 0.336 e. The molecular formula is C13H17BrFN3O3S. The molecule has 3 N–H and O–H groups in total. The van der Waals surface area contributed by atoms with Crippen molar-refractivity contribution in [2.45, 2.75) is 30.8 Å². The topological polar surface area (TPSA) is 92.5 Å². The highest BCUT2D eigenvalue weighted by atomic mass is 79.9. The summed E-state index contributed by atoms with van der Waals surface area (Å²) in [5.41, 5.74) is -0.0506. The van der Waals surface area contributed by atoms with Gasteiger partial charge in [-0.1, -0.05) is 0 Å². The van der Waals surface area contributed by atoms with Crippen LogP contribution in [-0.4, -0.2) is 44.4 Å². The van der Waals surface area contributed by atoms with Crippen molar-refractivity contribution >= 4 is 31.9 Å². The molecule has 1 fully saturated rings. The van der Waals surface area contributed by atoms with Gasteiger partial charge in [0.2, 0.25) is 10.0 Å². The Balaban J connectivity index is 2.44.